The summed E-state index contributed by atoms with van der Waals surface area (Å²) in [6, 6.07) is 16.1. The highest BCUT2D eigenvalue weighted by atomic mass is 32.1. The fourth-order valence-electron chi connectivity index (χ4n) is 3.12. The molecule has 1 saturated heterocycles. The van der Waals surface area contributed by atoms with Gasteiger partial charge in [0.15, 0.2) is 5.69 Å². The molecule has 128 valence electrons. The van der Waals surface area contributed by atoms with Crippen LogP contribution in [0.1, 0.15) is 23.3 Å². The van der Waals surface area contributed by atoms with Gasteiger partial charge in [-0.05, 0) is 42.5 Å². The molecule has 0 atom stereocenters. The lowest BCUT2D eigenvalue weighted by molar-refractivity contribution is 0.0708. The summed E-state index contributed by atoms with van der Waals surface area (Å²) in [5.41, 5.74) is 8.33. The van der Waals surface area contributed by atoms with Crippen LogP contribution in [0.4, 0.5) is 0 Å². The molecule has 3 aromatic rings. The summed E-state index contributed by atoms with van der Waals surface area (Å²) >= 11 is 1.64. The van der Waals surface area contributed by atoms with Gasteiger partial charge in [0.05, 0.1) is 16.3 Å². The number of nitrogens with zero attached hydrogens (tertiary/aromatic N) is 3. The first-order valence-corrected chi connectivity index (χ1v) is 9.34. The second-order valence-corrected chi connectivity index (χ2v) is 7.22. The summed E-state index contributed by atoms with van der Waals surface area (Å²) in [6.45, 7) is 1.40. The van der Waals surface area contributed by atoms with E-state index >= 15 is 0 Å². The third kappa shape index (κ3) is 3.23. The van der Waals surface area contributed by atoms with E-state index in [1.165, 1.54) is 0 Å². The fraction of sp³-hybridized carbons (Fsp3) is 0.263. The number of piperidine rings is 1. The zero-order valence-corrected chi connectivity index (χ0v) is 14.7. The van der Waals surface area contributed by atoms with E-state index < -0.39 is 0 Å². The number of hydrogen-bond donors (Lipinski definition) is 1. The first-order valence-electron chi connectivity index (χ1n) is 8.46. The number of thiophene rings is 1. The highest BCUT2D eigenvalue weighted by Gasteiger charge is 2.25. The summed E-state index contributed by atoms with van der Waals surface area (Å²) in [4.78, 5) is 15.8. The quantitative estimate of drug-likeness (QED) is 0.787. The molecule has 0 aliphatic carbocycles. The second kappa shape index (κ2) is 6.82. The number of carbonyl (C=O) groups excluding carboxylic acids is 1. The fourth-order valence-corrected chi connectivity index (χ4v) is 3.84. The summed E-state index contributed by atoms with van der Waals surface area (Å²) in [5, 5.41) is 6.66. The second-order valence-electron chi connectivity index (χ2n) is 6.27. The molecular weight excluding hydrogens is 332 g/mol. The molecular formula is C19H20N4OS. The maximum atomic E-state index is 12.9. The molecule has 0 unspecified atom stereocenters. The van der Waals surface area contributed by atoms with Gasteiger partial charge < -0.3 is 10.6 Å². The highest BCUT2D eigenvalue weighted by molar-refractivity contribution is 7.13. The van der Waals surface area contributed by atoms with Crippen LogP contribution in [0.5, 0.6) is 0 Å². The van der Waals surface area contributed by atoms with Gasteiger partial charge in [-0.2, -0.15) is 5.10 Å². The van der Waals surface area contributed by atoms with Gasteiger partial charge in [-0.3, -0.25) is 4.79 Å². The van der Waals surface area contributed by atoms with E-state index in [1.807, 2.05) is 57.4 Å². The number of aromatic nitrogens is 2. The lowest BCUT2D eigenvalue weighted by atomic mass is 10.1. The van der Waals surface area contributed by atoms with Crippen molar-refractivity contribution in [1.82, 2.24) is 14.7 Å². The predicted octanol–water partition coefficient (Wildman–Crippen LogP) is 3.16. The first-order chi connectivity index (χ1) is 12.2. The van der Waals surface area contributed by atoms with Gasteiger partial charge in [-0.25, -0.2) is 4.68 Å². The van der Waals surface area contributed by atoms with Crippen LogP contribution in [-0.2, 0) is 0 Å². The van der Waals surface area contributed by atoms with Crippen LogP contribution in [0.3, 0.4) is 0 Å². The van der Waals surface area contributed by atoms with Crippen LogP contribution >= 0.6 is 11.3 Å². The Hall–Kier alpha value is -2.44. The normalized spacial score (nSPS) is 15.5. The molecule has 1 amide bonds. The van der Waals surface area contributed by atoms with Crippen LogP contribution < -0.4 is 5.73 Å². The number of likely N-dealkylation sites (tertiary alicyclic amines) is 1. The Balaban J connectivity index is 1.71. The molecule has 4 rings (SSSR count). The molecule has 0 spiro atoms. The standard InChI is InChI=1S/C19H20N4OS/c20-14-8-10-22(11-9-14)19(24)16-13-17(18-7-4-12-25-18)23(21-16)15-5-2-1-3-6-15/h1-7,12-14H,8-11,20H2. The van der Waals surface area contributed by atoms with E-state index in [-0.39, 0.29) is 11.9 Å². The average Bonchev–Trinajstić information content (AvgIpc) is 3.32. The molecule has 0 radical (unpaired) electrons. The number of rotatable bonds is 3. The van der Waals surface area contributed by atoms with Gasteiger partial charge in [0, 0.05) is 19.1 Å². The van der Waals surface area contributed by atoms with Gasteiger partial charge in [0.2, 0.25) is 0 Å². The largest absolute Gasteiger partial charge is 0.337 e. The van der Waals surface area contributed by atoms with Crippen molar-refractivity contribution >= 4 is 17.2 Å². The Morgan fingerprint density at radius 2 is 1.88 bits per heavy atom. The van der Waals surface area contributed by atoms with Crippen molar-refractivity contribution in [2.24, 2.45) is 5.73 Å². The topological polar surface area (TPSA) is 64.2 Å². The molecule has 6 heteroatoms. The molecule has 1 fully saturated rings. The van der Waals surface area contributed by atoms with Crippen molar-refractivity contribution in [2.75, 3.05) is 13.1 Å². The molecule has 2 N–H and O–H groups in total. The van der Waals surface area contributed by atoms with E-state index in [2.05, 4.69) is 11.2 Å². The number of para-hydroxylation sites is 1. The predicted molar refractivity (Wildman–Crippen MR) is 100.0 cm³/mol. The Morgan fingerprint density at radius 1 is 1.12 bits per heavy atom. The molecule has 25 heavy (non-hydrogen) atoms. The summed E-state index contributed by atoms with van der Waals surface area (Å²) < 4.78 is 1.86. The molecule has 2 aromatic heterocycles. The third-order valence-electron chi connectivity index (χ3n) is 4.53. The number of benzene rings is 1. The minimum Gasteiger partial charge on any atom is -0.337 e. The van der Waals surface area contributed by atoms with E-state index in [4.69, 9.17) is 5.73 Å². The zero-order valence-electron chi connectivity index (χ0n) is 13.8. The lowest BCUT2D eigenvalue weighted by Crippen LogP contribution is -2.43. The van der Waals surface area contributed by atoms with E-state index in [0.717, 1.165) is 29.1 Å². The van der Waals surface area contributed by atoms with Crippen LogP contribution in [0, 0.1) is 0 Å². The number of carbonyl (C=O) groups is 1. The SMILES string of the molecule is NC1CCN(C(=O)c2cc(-c3cccs3)n(-c3ccccc3)n2)CC1. The molecule has 1 aromatic carbocycles. The van der Waals surface area contributed by atoms with Crippen molar-refractivity contribution in [3.63, 3.8) is 0 Å². The Morgan fingerprint density at radius 3 is 2.56 bits per heavy atom. The summed E-state index contributed by atoms with van der Waals surface area (Å²) in [6.07, 6.45) is 1.70. The molecule has 0 bridgehead atoms. The average molecular weight is 352 g/mol. The maximum Gasteiger partial charge on any atom is 0.274 e. The molecule has 0 saturated carbocycles. The Kier molecular flexibility index (Phi) is 4.38. The monoisotopic (exact) mass is 352 g/mol. The first kappa shape index (κ1) is 16.1. The minimum atomic E-state index is -0.0145. The highest BCUT2D eigenvalue weighted by Crippen LogP contribution is 2.28. The van der Waals surface area contributed by atoms with Crippen LogP contribution in [0.25, 0.3) is 16.3 Å². The van der Waals surface area contributed by atoms with E-state index in [0.29, 0.717) is 18.8 Å². The van der Waals surface area contributed by atoms with Crippen LogP contribution in [0.15, 0.2) is 53.9 Å². The van der Waals surface area contributed by atoms with Crippen molar-refractivity contribution in [1.29, 1.82) is 0 Å². The smallest absolute Gasteiger partial charge is 0.274 e. The maximum absolute atomic E-state index is 12.9. The van der Waals surface area contributed by atoms with Gasteiger partial charge in [-0.15, -0.1) is 11.3 Å². The van der Waals surface area contributed by atoms with Crippen LogP contribution in [-0.4, -0.2) is 39.7 Å². The Labute approximate surface area is 150 Å². The van der Waals surface area contributed by atoms with Gasteiger partial charge in [-0.1, -0.05) is 24.3 Å². The lowest BCUT2D eigenvalue weighted by Gasteiger charge is -2.29. The van der Waals surface area contributed by atoms with Crippen molar-refractivity contribution < 1.29 is 4.79 Å². The molecule has 5 nitrogen and oxygen atoms in total. The zero-order chi connectivity index (χ0) is 17.2. The summed E-state index contributed by atoms with van der Waals surface area (Å²) in [7, 11) is 0. The van der Waals surface area contributed by atoms with E-state index in [1.54, 1.807) is 11.3 Å². The van der Waals surface area contributed by atoms with Gasteiger partial charge >= 0.3 is 0 Å². The minimum absolute atomic E-state index is 0.0145. The van der Waals surface area contributed by atoms with Crippen LogP contribution in [0.2, 0.25) is 0 Å². The van der Waals surface area contributed by atoms with Crippen molar-refractivity contribution in [3.8, 4) is 16.3 Å². The van der Waals surface area contributed by atoms with Crippen molar-refractivity contribution in [3.05, 3.63) is 59.6 Å². The van der Waals surface area contributed by atoms with Gasteiger partial charge in [0.25, 0.3) is 5.91 Å². The third-order valence-corrected chi connectivity index (χ3v) is 5.42. The Bertz CT molecular complexity index is 849. The molecule has 1 aliphatic heterocycles. The van der Waals surface area contributed by atoms with Crippen molar-refractivity contribution in [2.45, 2.75) is 18.9 Å². The number of nitrogens with two attached hydrogens (primary N) is 1. The van der Waals surface area contributed by atoms with E-state index in [9.17, 15) is 4.79 Å². The number of hydrogen-bond acceptors (Lipinski definition) is 4. The molecule has 1 aliphatic rings. The van der Waals surface area contributed by atoms with Gasteiger partial charge in [0.1, 0.15) is 0 Å². The molecule has 3 heterocycles. The summed E-state index contributed by atoms with van der Waals surface area (Å²) in [5.74, 6) is -0.0145. The number of amides is 1.